The molecule has 1 unspecified atom stereocenters. The number of fused-ring (bicyclic) bond motifs is 2. The highest BCUT2D eigenvalue weighted by molar-refractivity contribution is 6.37. The summed E-state index contributed by atoms with van der Waals surface area (Å²) in [5.41, 5.74) is 6.15. The first-order chi connectivity index (χ1) is 22.5. The summed E-state index contributed by atoms with van der Waals surface area (Å²) >= 11 is 25.4. The molecule has 1 atom stereocenters. The molecule has 6 nitrogen and oxygen atoms in total. The minimum absolute atomic E-state index is 0.176. The van der Waals surface area contributed by atoms with Crippen LogP contribution in [0, 0.1) is 13.8 Å². The van der Waals surface area contributed by atoms with Crippen LogP contribution in [0.15, 0.2) is 84.9 Å². The Labute approximate surface area is 292 Å². The summed E-state index contributed by atoms with van der Waals surface area (Å²) in [6.45, 7) is 5.71. The third-order valence-electron chi connectivity index (χ3n) is 8.04. The van der Waals surface area contributed by atoms with Gasteiger partial charge in [0.1, 0.15) is 0 Å². The quantitative estimate of drug-likeness (QED) is 0.174. The zero-order chi connectivity index (χ0) is 33.4. The van der Waals surface area contributed by atoms with Gasteiger partial charge in [-0.2, -0.15) is 0 Å². The predicted molar refractivity (Wildman–Crippen MR) is 193 cm³/mol. The van der Waals surface area contributed by atoms with Crippen LogP contribution in [0.3, 0.4) is 0 Å². The van der Waals surface area contributed by atoms with E-state index in [9.17, 15) is 9.59 Å². The average Bonchev–Trinajstić information content (AvgIpc) is 3.03. The molecular formula is C37H28Cl4N4O2. The second-order valence-electron chi connectivity index (χ2n) is 11.3. The van der Waals surface area contributed by atoms with Crippen LogP contribution in [-0.2, 0) is 0 Å². The molecule has 2 amide bonds. The fourth-order valence-corrected chi connectivity index (χ4v) is 6.76. The first-order valence-electron chi connectivity index (χ1n) is 14.8. The van der Waals surface area contributed by atoms with Crippen molar-refractivity contribution in [3.63, 3.8) is 0 Å². The number of carbonyl (C=O) groups excluding carboxylic acids is 2. The second kappa shape index (κ2) is 13.5. The standard InChI is InChI=1S/C37H28Cl4N4O2/c1-19(43-37(47)33-21(3)35(25-15-13-23(39)17-29(25)41)45-31-11-7-5-9-27(31)33)18-42-36(46)32-20(2)34(24-14-12-22(38)16-28(24)40)44-30-10-6-4-8-26(30)32/h4-17,19H,18H2,1-3H3,(H,42,46)(H,43,47). The van der Waals surface area contributed by atoms with Gasteiger partial charge in [-0.3, -0.25) is 9.59 Å². The lowest BCUT2D eigenvalue weighted by atomic mass is 9.96. The molecule has 0 bridgehead atoms. The van der Waals surface area contributed by atoms with Crippen molar-refractivity contribution in [2.75, 3.05) is 6.54 Å². The number of para-hydroxylation sites is 2. The Bertz CT molecular complexity index is 2220. The maximum atomic E-state index is 13.9. The van der Waals surface area contributed by atoms with E-state index in [1.807, 2.05) is 69.3 Å². The van der Waals surface area contributed by atoms with Crippen molar-refractivity contribution in [3.05, 3.63) is 127 Å². The monoisotopic (exact) mass is 700 g/mol. The molecule has 6 aromatic rings. The molecule has 0 aliphatic carbocycles. The Kier molecular flexibility index (Phi) is 9.40. The molecule has 47 heavy (non-hydrogen) atoms. The number of aromatic nitrogens is 2. The Morgan fingerprint density at radius 2 is 1.11 bits per heavy atom. The molecule has 6 rings (SSSR count). The molecular weight excluding hydrogens is 674 g/mol. The number of amides is 2. The number of hydrogen-bond donors (Lipinski definition) is 2. The van der Waals surface area contributed by atoms with Crippen molar-refractivity contribution in [2.24, 2.45) is 0 Å². The highest BCUT2D eigenvalue weighted by Crippen LogP contribution is 2.36. The molecule has 0 saturated carbocycles. The topological polar surface area (TPSA) is 84.0 Å². The SMILES string of the molecule is Cc1c(-c2ccc(Cl)cc2Cl)nc2ccccc2c1C(=O)NCC(C)NC(=O)c1c(C)c(-c2ccc(Cl)cc2Cl)nc2ccccc12. The highest BCUT2D eigenvalue weighted by Gasteiger charge is 2.23. The Balaban J connectivity index is 1.28. The Morgan fingerprint density at radius 1 is 0.660 bits per heavy atom. The third-order valence-corrected chi connectivity index (χ3v) is 9.14. The number of carbonyl (C=O) groups is 2. The number of benzene rings is 4. The summed E-state index contributed by atoms with van der Waals surface area (Å²) in [6.07, 6.45) is 0. The summed E-state index contributed by atoms with van der Waals surface area (Å²) in [5, 5.41) is 9.38. The Morgan fingerprint density at radius 3 is 1.57 bits per heavy atom. The van der Waals surface area contributed by atoms with Gasteiger partial charge in [0.05, 0.1) is 43.6 Å². The van der Waals surface area contributed by atoms with Crippen LogP contribution >= 0.6 is 46.4 Å². The van der Waals surface area contributed by atoms with Crippen LogP contribution in [0.4, 0.5) is 0 Å². The average molecular weight is 702 g/mol. The van der Waals surface area contributed by atoms with Crippen LogP contribution in [0.2, 0.25) is 20.1 Å². The van der Waals surface area contributed by atoms with E-state index in [1.165, 1.54) is 0 Å². The molecule has 2 aromatic heterocycles. The van der Waals surface area contributed by atoms with E-state index in [1.54, 1.807) is 36.4 Å². The smallest absolute Gasteiger partial charge is 0.252 e. The number of nitrogens with one attached hydrogen (secondary N) is 2. The van der Waals surface area contributed by atoms with Crippen LogP contribution in [0.25, 0.3) is 44.3 Å². The van der Waals surface area contributed by atoms with E-state index in [0.29, 0.717) is 86.7 Å². The summed E-state index contributed by atoms with van der Waals surface area (Å²) in [4.78, 5) is 37.4. The molecule has 4 aromatic carbocycles. The van der Waals surface area contributed by atoms with Gasteiger partial charge in [-0.25, -0.2) is 9.97 Å². The van der Waals surface area contributed by atoms with Crippen LogP contribution in [0.5, 0.6) is 0 Å². The number of pyridine rings is 2. The van der Waals surface area contributed by atoms with Gasteiger partial charge >= 0.3 is 0 Å². The van der Waals surface area contributed by atoms with Crippen molar-refractivity contribution >= 4 is 80.0 Å². The third kappa shape index (κ3) is 6.52. The van der Waals surface area contributed by atoms with E-state index in [-0.39, 0.29) is 18.4 Å². The zero-order valence-electron chi connectivity index (χ0n) is 25.6. The van der Waals surface area contributed by atoms with E-state index >= 15 is 0 Å². The number of rotatable bonds is 7. The van der Waals surface area contributed by atoms with Gasteiger partial charge in [0.25, 0.3) is 11.8 Å². The summed E-state index contributed by atoms with van der Waals surface area (Å²) in [6, 6.07) is 24.9. The van der Waals surface area contributed by atoms with E-state index in [2.05, 4.69) is 10.6 Å². The van der Waals surface area contributed by atoms with Crippen molar-refractivity contribution in [2.45, 2.75) is 26.8 Å². The van der Waals surface area contributed by atoms with Gasteiger partial charge in [0.2, 0.25) is 0 Å². The molecule has 236 valence electrons. The van der Waals surface area contributed by atoms with Gasteiger partial charge in [-0.15, -0.1) is 0 Å². The number of nitrogens with zero attached hydrogens (tertiary/aromatic N) is 2. The molecule has 10 heteroatoms. The van der Waals surface area contributed by atoms with Crippen LogP contribution < -0.4 is 10.6 Å². The van der Waals surface area contributed by atoms with Gasteiger partial charge in [0.15, 0.2) is 0 Å². The maximum Gasteiger partial charge on any atom is 0.252 e. The normalized spacial score (nSPS) is 11.9. The lowest BCUT2D eigenvalue weighted by Gasteiger charge is -2.20. The van der Waals surface area contributed by atoms with E-state index < -0.39 is 6.04 Å². The van der Waals surface area contributed by atoms with Crippen LogP contribution in [-0.4, -0.2) is 34.4 Å². The molecule has 2 N–H and O–H groups in total. The Hall–Kier alpha value is -4.20. The zero-order valence-corrected chi connectivity index (χ0v) is 28.6. The second-order valence-corrected chi connectivity index (χ2v) is 13.0. The summed E-state index contributed by atoms with van der Waals surface area (Å²) < 4.78 is 0. The summed E-state index contributed by atoms with van der Waals surface area (Å²) in [5.74, 6) is -0.585. The van der Waals surface area contributed by atoms with Crippen molar-refractivity contribution in [1.82, 2.24) is 20.6 Å². The van der Waals surface area contributed by atoms with Gasteiger partial charge in [0, 0.05) is 44.5 Å². The largest absolute Gasteiger partial charge is 0.350 e. The molecule has 0 saturated heterocycles. The molecule has 0 aliphatic heterocycles. The predicted octanol–water partition coefficient (Wildman–Crippen LogP) is 9.90. The van der Waals surface area contributed by atoms with Crippen molar-refractivity contribution < 1.29 is 9.59 Å². The van der Waals surface area contributed by atoms with Crippen molar-refractivity contribution in [1.29, 1.82) is 0 Å². The minimum Gasteiger partial charge on any atom is -0.350 e. The first-order valence-corrected chi connectivity index (χ1v) is 16.3. The number of hydrogen-bond acceptors (Lipinski definition) is 4. The van der Waals surface area contributed by atoms with E-state index in [4.69, 9.17) is 56.4 Å². The molecule has 0 radical (unpaired) electrons. The fraction of sp³-hybridized carbons (Fsp3) is 0.135. The lowest BCUT2D eigenvalue weighted by Crippen LogP contribution is -2.42. The molecule has 0 spiro atoms. The van der Waals surface area contributed by atoms with Crippen LogP contribution in [0.1, 0.15) is 38.8 Å². The molecule has 0 aliphatic rings. The molecule has 2 heterocycles. The molecule has 0 fully saturated rings. The summed E-state index contributed by atoms with van der Waals surface area (Å²) in [7, 11) is 0. The fourth-order valence-electron chi connectivity index (χ4n) is 5.77. The maximum absolute atomic E-state index is 13.9. The number of halogens is 4. The minimum atomic E-state index is -0.418. The van der Waals surface area contributed by atoms with Gasteiger partial charge in [-0.05, 0) is 80.4 Å². The van der Waals surface area contributed by atoms with Gasteiger partial charge < -0.3 is 10.6 Å². The first kappa shape index (κ1) is 32.7. The highest BCUT2D eigenvalue weighted by atomic mass is 35.5. The lowest BCUT2D eigenvalue weighted by molar-refractivity contribution is 0.0913. The van der Waals surface area contributed by atoms with E-state index in [0.717, 1.165) is 0 Å². The van der Waals surface area contributed by atoms with Gasteiger partial charge in [-0.1, -0.05) is 82.8 Å². The van der Waals surface area contributed by atoms with Crippen molar-refractivity contribution in [3.8, 4) is 22.5 Å².